The molecule has 0 spiro atoms. The highest BCUT2D eigenvalue weighted by molar-refractivity contribution is 5.92. The molecule has 1 saturated carbocycles. The number of hydrogen-bond donors (Lipinski definition) is 1. The predicted molar refractivity (Wildman–Crippen MR) is 110 cm³/mol. The number of nitrogens with one attached hydrogen (secondary N) is 1. The number of aromatic nitrogens is 2. The predicted octanol–water partition coefficient (Wildman–Crippen LogP) is 2.00. The number of amides is 1. The van der Waals surface area contributed by atoms with Crippen molar-refractivity contribution in [3.05, 3.63) is 58.5 Å². The highest BCUT2D eigenvalue weighted by atomic mass is 16.5. The minimum atomic E-state index is -0.259. The van der Waals surface area contributed by atoms with Crippen molar-refractivity contribution in [2.75, 3.05) is 32.8 Å². The van der Waals surface area contributed by atoms with Gasteiger partial charge in [0.2, 0.25) is 0 Å². The molecule has 1 aliphatic heterocycles. The van der Waals surface area contributed by atoms with Crippen LogP contribution in [0.4, 0.5) is 0 Å². The van der Waals surface area contributed by atoms with Crippen LogP contribution in [0.2, 0.25) is 0 Å². The van der Waals surface area contributed by atoms with Crippen molar-refractivity contribution in [2.24, 2.45) is 0 Å². The monoisotopic (exact) mass is 396 g/mol. The number of nitrogens with zero attached hydrogens (tertiary/aromatic N) is 3. The molecule has 1 amide bonds. The van der Waals surface area contributed by atoms with Crippen molar-refractivity contribution in [3.8, 4) is 5.69 Å². The molecule has 1 aromatic heterocycles. The molecule has 1 saturated heterocycles. The molecule has 1 aliphatic carbocycles. The summed E-state index contributed by atoms with van der Waals surface area (Å²) in [4.78, 5) is 27.6. The van der Waals surface area contributed by atoms with E-state index >= 15 is 0 Å². The first-order chi connectivity index (χ1) is 14.2. The summed E-state index contributed by atoms with van der Waals surface area (Å²) in [5.41, 5.74) is 0.626. The van der Waals surface area contributed by atoms with Crippen molar-refractivity contribution < 1.29 is 9.53 Å². The third-order valence-corrected chi connectivity index (χ3v) is 6.08. The summed E-state index contributed by atoms with van der Waals surface area (Å²) in [5, 5.41) is 7.41. The molecule has 2 aromatic rings. The van der Waals surface area contributed by atoms with E-state index in [1.807, 2.05) is 18.2 Å². The maximum atomic E-state index is 12.9. The molecule has 1 N–H and O–H groups in total. The summed E-state index contributed by atoms with van der Waals surface area (Å²) < 4.78 is 6.80. The quantitative estimate of drug-likeness (QED) is 0.837. The number of benzene rings is 1. The average molecular weight is 396 g/mol. The number of hydrogen-bond acceptors (Lipinski definition) is 5. The van der Waals surface area contributed by atoms with Crippen LogP contribution in [0.15, 0.2) is 47.3 Å². The Morgan fingerprint density at radius 2 is 1.76 bits per heavy atom. The van der Waals surface area contributed by atoms with Gasteiger partial charge in [-0.05, 0) is 31.0 Å². The Labute approximate surface area is 170 Å². The van der Waals surface area contributed by atoms with Crippen molar-refractivity contribution in [1.82, 2.24) is 20.0 Å². The largest absolute Gasteiger partial charge is 0.379 e. The van der Waals surface area contributed by atoms with Gasteiger partial charge in [-0.1, -0.05) is 37.5 Å². The van der Waals surface area contributed by atoms with Gasteiger partial charge in [-0.25, -0.2) is 0 Å². The third kappa shape index (κ3) is 4.41. The van der Waals surface area contributed by atoms with Crippen molar-refractivity contribution in [1.29, 1.82) is 0 Å². The topological polar surface area (TPSA) is 76.5 Å². The van der Waals surface area contributed by atoms with Gasteiger partial charge in [0.1, 0.15) is 5.69 Å². The molecule has 7 nitrogen and oxygen atoms in total. The van der Waals surface area contributed by atoms with Crippen LogP contribution in [0.25, 0.3) is 5.69 Å². The minimum Gasteiger partial charge on any atom is -0.379 e. The maximum absolute atomic E-state index is 12.9. The smallest absolute Gasteiger partial charge is 0.271 e. The summed E-state index contributed by atoms with van der Waals surface area (Å²) in [7, 11) is 0. The van der Waals surface area contributed by atoms with Crippen LogP contribution < -0.4 is 10.9 Å². The molecule has 1 aromatic carbocycles. The van der Waals surface area contributed by atoms with E-state index in [0.717, 1.165) is 39.1 Å². The number of carbonyl (C=O) groups is 1. The first-order valence-corrected chi connectivity index (χ1v) is 10.4. The van der Waals surface area contributed by atoms with E-state index in [1.165, 1.54) is 36.1 Å². The Morgan fingerprint density at radius 3 is 2.48 bits per heavy atom. The highest BCUT2D eigenvalue weighted by Gasteiger charge is 2.38. The number of morpholine rings is 1. The second-order valence-corrected chi connectivity index (χ2v) is 7.87. The lowest BCUT2D eigenvalue weighted by atomic mass is 9.79. The Kier molecular flexibility index (Phi) is 6.06. The van der Waals surface area contributed by atoms with Crippen molar-refractivity contribution in [2.45, 2.75) is 37.6 Å². The fourth-order valence-corrected chi connectivity index (χ4v) is 4.47. The molecule has 0 unspecified atom stereocenters. The molecule has 0 radical (unpaired) electrons. The van der Waals surface area contributed by atoms with E-state index in [0.29, 0.717) is 12.2 Å². The average Bonchev–Trinajstić information content (AvgIpc) is 2.79. The Bertz CT molecular complexity index is 884. The van der Waals surface area contributed by atoms with Crippen LogP contribution in [0, 0.1) is 0 Å². The summed E-state index contributed by atoms with van der Waals surface area (Å²) >= 11 is 0. The first kappa shape index (κ1) is 19.8. The molecular formula is C22H28N4O3. The number of ether oxygens (including phenoxy) is 1. The number of para-hydroxylation sites is 1. The van der Waals surface area contributed by atoms with E-state index in [9.17, 15) is 9.59 Å². The first-order valence-electron chi connectivity index (χ1n) is 10.4. The fourth-order valence-electron chi connectivity index (χ4n) is 4.47. The second-order valence-electron chi connectivity index (χ2n) is 7.87. The Hall–Kier alpha value is -2.51. The second kappa shape index (κ2) is 8.88. The molecule has 0 bridgehead atoms. The van der Waals surface area contributed by atoms with E-state index in [1.54, 1.807) is 12.1 Å². The van der Waals surface area contributed by atoms with Crippen LogP contribution in [-0.2, 0) is 4.74 Å². The van der Waals surface area contributed by atoms with Crippen molar-refractivity contribution in [3.63, 3.8) is 0 Å². The van der Waals surface area contributed by atoms with Gasteiger partial charge < -0.3 is 10.1 Å². The zero-order valence-electron chi connectivity index (χ0n) is 16.7. The fraction of sp³-hybridized carbons (Fsp3) is 0.500. The Balaban J connectivity index is 1.50. The molecule has 7 heteroatoms. The SMILES string of the molecule is O=C(NCC1(N2CCOCC2)CCCCC1)c1ccc(=O)n(-c2ccccc2)n1. The van der Waals surface area contributed by atoms with Crippen LogP contribution in [0.1, 0.15) is 42.6 Å². The van der Waals surface area contributed by atoms with E-state index in [4.69, 9.17) is 4.74 Å². The van der Waals surface area contributed by atoms with Gasteiger partial charge in [0.25, 0.3) is 11.5 Å². The number of rotatable bonds is 5. The zero-order chi connectivity index (χ0) is 20.1. The summed E-state index contributed by atoms with van der Waals surface area (Å²) in [6.07, 6.45) is 5.80. The molecule has 0 atom stereocenters. The molecule has 2 heterocycles. The van der Waals surface area contributed by atoms with Gasteiger partial charge in [0.15, 0.2) is 0 Å². The van der Waals surface area contributed by atoms with Gasteiger partial charge in [0.05, 0.1) is 18.9 Å². The molecular weight excluding hydrogens is 368 g/mol. The van der Waals surface area contributed by atoms with Crippen molar-refractivity contribution >= 4 is 5.91 Å². The van der Waals surface area contributed by atoms with Crippen LogP contribution in [0.5, 0.6) is 0 Å². The lowest BCUT2D eigenvalue weighted by Crippen LogP contribution is -2.59. The Morgan fingerprint density at radius 1 is 1.03 bits per heavy atom. The summed E-state index contributed by atoms with van der Waals surface area (Å²) in [5.74, 6) is -0.243. The molecule has 4 rings (SSSR count). The normalized spacial score (nSPS) is 19.6. The van der Waals surface area contributed by atoms with E-state index in [2.05, 4.69) is 15.3 Å². The maximum Gasteiger partial charge on any atom is 0.271 e. The van der Waals surface area contributed by atoms with Gasteiger partial charge in [-0.15, -0.1) is 0 Å². The molecule has 29 heavy (non-hydrogen) atoms. The van der Waals surface area contributed by atoms with Crippen LogP contribution >= 0.6 is 0 Å². The minimum absolute atomic E-state index is 0.00837. The lowest BCUT2D eigenvalue weighted by molar-refractivity contribution is -0.0361. The van der Waals surface area contributed by atoms with Gasteiger partial charge in [-0.2, -0.15) is 9.78 Å². The molecule has 2 aliphatic rings. The molecule has 154 valence electrons. The highest BCUT2D eigenvalue weighted by Crippen LogP contribution is 2.33. The third-order valence-electron chi connectivity index (χ3n) is 6.08. The summed E-state index contributed by atoms with van der Waals surface area (Å²) in [6, 6.07) is 12.0. The van der Waals surface area contributed by atoms with E-state index in [-0.39, 0.29) is 22.7 Å². The summed E-state index contributed by atoms with van der Waals surface area (Å²) in [6.45, 7) is 3.91. The van der Waals surface area contributed by atoms with Crippen LogP contribution in [0.3, 0.4) is 0 Å². The zero-order valence-corrected chi connectivity index (χ0v) is 16.7. The van der Waals surface area contributed by atoms with Gasteiger partial charge in [0, 0.05) is 31.2 Å². The van der Waals surface area contributed by atoms with Crippen LogP contribution in [-0.4, -0.2) is 59.0 Å². The number of carbonyl (C=O) groups excluding carboxylic acids is 1. The molecule has 2 fully saturated rings. The van der Waals surface area contributed by atoms with Gasteiger partial charge >= 0.3 is 0 Å². The standard InChI is InChI=1S/C22H28N4O3/c27-20-10-9-19(24-26(20)18-7-3-1-4-8-18)21(28)23-17-22(11-5-2-6-12-22)25-13-15-29-16-14-25/h1,3-4,7-10H,2,5-6,11-17H2,(H,23,28). The van der Waals surface area contributed by atoms with Gasteiger partial charge in [-0.3, -0.25) is 14.5 Å². The van der Waals surface area contributed by atoms with E-state index < -0.39 is 0 Å². The lowest BCUT2D eigenvalue weighted by Gasteiger charge is -2.48.